The predicted molar refractivity (Wildman–Crippen MR) is 61.4 cm³/mol. The molecule has 92 valence electrons. The highest BCUT2D eigenvalue weighted by molar-refractivity contribution is 6.39. The van der Waals surface area contributed by atoms with Gasteiger partial charge in [-0.2, -0.15) is 0 Å². The molecule has 2 rings (SSSR count). The molecule has 1 N–H and O–H groups in total. The van der Waals surface area contributed by atoms with Gasteiger partial charge < -0.3 is 14.3 Å². The molecule has 0 fully saturated rings. The average Bonchev–Trinajstić information content (AvgIpc) is 2.85. The zero-order valence-electron chi connectivity index (χ0n) is 9.33. The van der Waals surface area contributed by atoms with Crippen molar-refractivity contribution in [1.29, 1.82) is 0 Å². The number of ketones is 1. The Morgan fingerprint density at radius 1 is 1.11 bits per heavy atom. The summed E-state index contributed by atoms with van der Waals surface area (Å²) in [4.78, 5) is 21.5. The van der Waals surface area contributed by atoms with E-state index in [0.717, 1.165) is 5.56 Å². The third kappa shape index (κ3) is 2.76. The molecule has 0 bridgehead atoms. The minimum absolute atomic E-state index is 0.114. The zero-order valence-corrected chi connectivity index (χ0v) is 9.33. The molecule has 0 amide bonds. The van der Waals surface area contributed by atoms with Crippen LogP contribution in [0.25, 0.3) is 0 Å². The van der Waals surface area contributed by atoms with Crippen molar-refractivity contribution in [3.05, 3.63) is 53.8 Å². The lowest BCUT2D eigenvalue weighted by atomic mass is 10.2. The second-order valence-corrected chi connectivity index (χ2v) is 3.53. The molecule has 1 aromatic carbocycles. The predicted octanol–water partition coefficient (Wildman–Crippen LogP) is 2.13. The van der Waals surface area contributed by atoms with Crippen LogP contribution in [0.3, 0.4) is 0 Å². The van der Waals surface area contributed by atoms with Gasteiger partial charge in [0.2, 0.25) is 0 Å². The second kappa shape index (κ2) is 5.18. The van der Waals surface area contributed by atoms with Crippen molar-refractivity contribution < 1.29 is 23.8 Å². The van der Waals surface area contributed by atoms with Gasteiger partial charge in [0, 0.05) is 6.07 Å². The number of carbonyl (C=O) groups excluding carboxylic acids is 1. The quantitative estimate of drug-likeness (QED) is 0.646. The number of hydrogen-bond acceptors (Lipinski definition) is 4. The Morgan fingerprint density at radius 3 is 2.50 bits per heavy atom. The van der Waals surface area contributed by atoms with E-state index in [2.05, 4.69) is 0 Å². The molecule has 5 nitrogen and oxygen atoms in total. The summed E-state index contributed by atoms with van der Waals surface area (Å²) in [5.74, 6) is -2.78. The van der Waals surface area contributed by atoms with E-state index in [1.807, 2.05) is 30.3 Å². The summed E-state index contributed by atoms with van der Waals surface area (Å²) in [6, 6.07) is 12.1. The van der Waals surface area contributed by atoms with Gasteiger partial charge in [-0.1, -0.05) is 30.3 Å². The van der Waals surface area contributed by atoms with Crippen molar-refractivity contribution in [1.82, 2.24) is 0 Å². The largest absolute Gasteiger partial charge is 0.475 e. The third-order valence-electron chi connectivity index (χ3n) is 2.22. The van der Waals surface area contributed by atoms with E-state index in [-0.39, 0.29) is 18.3 Å². The van der Waals surface area contributed by atoms with Crippen molar-refractivity contribution >= 4 is 11.8 Å². The fourth-order valence-electron chi connectivity index (χ4n) is 1.35. The maximum absolute atomic E-state index is 11.1. The molecule has 0 aliphatic carbocycles. The van der Waals surface area contributed by atoms with Crippen LogP contribution in [0.1, 0.15) is 16.1 Å². The highest BCUT2D eigenvalue weighted by atomic mass is 16.6. The van der Waals surface area contributed by atoms with Gasteiger partial charge in [-0.25, -0.2) is 4.79 Å². The first kappa shape index (κ1) is 11.9. The van der Waals surface area contributed by atoms with E-state index >= 15 is 0 Å². The number of rotatable bonds is 5. The van der Waals surface area contributed by atoms with Gasteiger partial charge in [-0.05, 0) is 11.6 Å². The maximum atomic E-state index is 11.1. The molecule has 0 atom stereocenters. The Bertz CT molecular complexity index is 556. The molecule has 5 heteroatoms. The van der Waals surface area contributed by atoms with Crippen molar-refractivity contribution in [3.8, 4) is 5.95 Å². The van der Waals surface area contributed by atoms with Crippen LogP contribution in [-0.2, 0) is 11.4 Å². The van der Waals surface area contributed by atoms with Gasteiger partial charge in [-0.3, -0.25) is 4.79 Å². The Hall–Kier alpha value is -2.56. The molecule has 1 aromatic heterocycles. The third-order valence-corrected chi connectivity index (χ3v) is 2.22. The van der Waals surface area contributed by atoms with E-state index in [1.54, 1.807) is 0 Å². The lowest BCUT2D eigenvalue weighted by molar-refractivity contribution is -0.131. The fourth-order valence-corrected chi connectivity index (χ4v) is 1.35. The van der Waals surface area contributed by atoms with Gasteiger partial charge in [0.05, 0.1) is 0 Å². The minimum atomic E-state index is -1.56. The Morgan fingerprint density at radius 2 is 1.83 bits per heavy atom. The summed E-state index contributed by atoms with van der Waals surface area (Å²) in [5.41, 5.74) is 0.944. The highest BCUT2D eigenvalue weighted by Gasteiger charge is 2.19. The number of carbonyl (C=O) groups is 2. The molecular weight excluding hydrogens is 236 g/mol. The molecule has 0 spiro atoms. The molecule has 0 radical (unpaired) electrons. The molecule has 0 saturated heterocycles. The monoisotopic (exact) mass is 246 g/mol. The molecule has 0 saturated carbocycles. The molecule has 0 unspecified atom stereocenters. The molecule has 18 heavy (non-hydrogen) atoms. The van der Waals surface area contributed by atoms with Crippen LogP contribution in [0.4, 0.5) is 0 Å². The number of furan rings is 1. The van der Waals surface area contributed by atoms with Crippen LogP contribution in [0.2, 0.25) is 0 Å². The Labute approximate surface area is 103 Å². The first-order valence-electron chi connectivity index (χ1n) is 5.21. The van der Waals surface area contributed by atoms with Crippen molar-refractivity contribution in [2.24, 2.45) is 0 Å². The van der Waals surface area contributed by atoms with Crippen LogP contribution in [0.15, 0.2) is 46.9 Å². The Balaban J connectivity index is 1.99. The SMILES string of the molecule is O=C(O)C(=O)c1ccc(OCc2ccccc2)o1. The summed E-state index contributed by atoms with van der Waals surface area (Å²) in [6.45, 7) is 0.287. The number of carboxylic acids is 1. The molecule has 1 heterocycles. The standard InChI is InChI=1S/C13H10O5/c14-12(13(15)16)10-6-7-11(18-10)17-8-9-4-2-1-3-5-9/h1-7H,8H2,(H,15,16). The number of aliphatic carboxylic acids is 1. The lowest BCUT2D eigenvalue weighted by Gasteiger charge is -2.01. The van der Waals surface area contributed by atoms with Gasteiger partial charge in [0.1, 0.15) is 6.61 Å². The van der Waals surface area contributed by atoms with Crippen LogP contribution < -0.4 is 4.74 Å². The number of hydrogen-bond donors (Lipinski definition) is 1. The van der Waals surface area contributed by atoms with Gasteiger partial charge >= 0.3 is 11.8 Å². The lowest BCUT2D eigenvalue weighted by Crippen LogP contribution is -2.11. The second-order valence-electron chi connectivity index (χ2n) is 3.53. The minimum Gasteiger partial charge on any atom is -0.475 e. The summed E-state index contributed by atoms with van der Waals surface area (Å²) in [5, 5.41) is 8.50. The van der Waals surface area contributed by atoms with Crippen LogP contribution >= 0.6 is 0 Å². The number of carboxylic acid groups (broad SMARTS) is 1. The van der Waals surface area contributed by atoms with Crippen molar-refractivity contribution in [2.75, 3.05) is 0 Å². The summed E-state index contributed by atoms with van der Waals surface area (Å²) >= 11 is 0. The molecule has 2 aromatic rings. The summed E-state index contributed by atoms with van der Waals surface area (Å²) in [7, 11) is 0. The number of Topliss-reactive ketones (excluding diaryl/α,β-unsaturated/α-hetero) is 1. The topological polar surface area (TPSA) is 76.7 Å². The van der Waals surface area contributed by atoms with Crippen molar-refractivity contribution in [2.45, 2.75) is 6.61 Å². The normalized spacial score (nSPS) is 10.0. The van der Waals surface area contributed by atoms with Gasteiger partial charge in [0.25, 0.3) is 5.95 Å². The first-order valence-corrected chi connectivity index (χ1v) is 5.21. The average molecular weight is 246 g/mol. The van der Waals surface area contributed by atoms with E-state index in [4.69, 9.17) is 14.3 Å². The van der Waals surface area contributed by atoms with Crippen LogP contribution in [0.5, 0.6) is 5.95 Å². The van der Waals surface area contributed by atoms with E-state index in [1.165, 1.54) is 12.1 Å². The molecular formula is C13H10O5. The smallest absolute Gasteiger partial charge is 0.380 e. The van der Waals surface area contributed by atoms with E-state index in [9.17, 15) is 9.59 Å². The van der Waals surface area contributed by atoms with E-state index < -0.39 is 11.8 Å². The van der Waals surface area contributed by atoms with E-state index in [0.29, 0.717) is 0 Å². The van der Waals surface area contributed by atoms with Crippen molar-refractivity contribution in [3.63, 3.8) is 0 Å². The van der Waals surface area contributed by atoms with Gasteiger partial charge in [0.15, 0.2) is 5.76 Å². The first-order chi connectivity index (χ1) is 8.66. The number of benzene rings is 1. The summed E-state index contributed by atoms with van der Waals surface area (Å²) in [6.07, 6.45) is 0. The van der Waals surface area contributed by atoms with Crippen LogP contribution in [-0.4, -0.2) is 16.9 Å². The zero-order chi connectivity index (χ0) is 13.0. The number of ether oxygens (including phenoxy) is 1. The van der Waals surface area contributed by atoms with Gasteiger partial charge in [-0.15, -0.1) is 0 Å². The summed E-state index contributed by atoms with van der Waals surface area (Å²) < 4.78 is 10.3. The molecule has 0 aliphatic heterocycles. The molecule has 0 aliphatic rings. The highest BCUT2D eigenvalue weighted by Crippen LogP contribution is 2.17. The Kier molecular flexibility index (Phi) is 3.43. The van der Waals surface area contributed by atoms with Crippen LogP contribution in [0, 0.1) is 0 Å². The fraction of sp³-hybridized carbons (Fsp3) is 0.0769. The maximum Gasteiger partial charge on any atom is 0.380 e.